The molecule has 0 atom stereocenters. The fourth-order valence-electron chi connectivity index (χ4n) is 1.95. The van der Waals surface area contributed by atoms with E-state index < -0.39 is 0 Å². The van der Waals surface area contributed by atoms with E-state index in [2.05, 4.69) is 40.2 Å². The van der Waals surface area contributed by atoms with Crippen LogP contribution in [0, 0.1) is 17.8 Å². The van der Waals surface area contributed by atoms with Crippen LogP contribution in [-0.2, 0) is 0 Å². The van der Waals surface area contributed by atoms with Crippen molar-refractivity contribution in [3.63, 3.8) is 0 Å². The van der Waals surface area contributed by atoms with Crippen molar-refractivity contribution in [2.75, 3.05) is 0 Å². The Labute approximate surface area is 111 Å². The second-order valence-corrected chi connectivity index (χ2v) is 5.38. The zero-order chi connectivity index (χ0) is 13.5. The fourth-order valence-corrected chi connectivity index (χ4v) is 2.06. The van der Waals surface area contributed by atoms with Crippen LogP contribution in [0.25, 0.3) is 0 Å². The number of hydrogen-bond acceptors (Lipinski definition) is 0. The average molecular weight is 251 g/mol. The SMILES string of the molecule is C#CCC(C)(C)C(/C=C(/Cl)C=C)=C(\C)CCC. The van der Waals surface area contributed by atoms with Crippen molar-refractivity contribution in [1.82, 2.24) is 0 Å². The molecule has 0 rings (SSSR count). The molecule has 0 unspecified atom stereocenters. The second-order valence-electron chi connectivity index (χ2n) is 4.94. The zero-order valence-electron chi connectivity index (χ0n) is 11.4. The van der Waals surface area contributed by atoms with Crippen LogP contribution in [0.3, 0.4) is 0 Å². The van der Waals surface area contributed by atoms with Gasteiger partial charge in [-0.25, -0.2) is 0 Å². The van der Waals surface area contributed by atoms with Gasteiger partial charge in [-0.05, 0) is 25.0 Å². The third-order valence-electron chi connectivity index (χ3n) is 2.84. The fraction of sp³-hybridized carbons (Fsp3) is 0.500. The number of rotatable bonds is 6. The van der Waals surface area contributed by atoms with E-state index >= 15 is 0 Å². The lowest BCUT2D eigenvalue weighted by Gasteiger charge is -2.26. The van der Waals surface area contributed by atoms with Gasteiger partial charge in [-0.15, -0.1) is 12.3 Å². The maximum Gasteiger partial charge on any atom is 0.0403 e. The number of halogens is 1. The number of hydrogen-bond donors (Lipinski definition) is 0. The third-order valence-corrected chi connectivity index (χ3v) is 3.10. The van der Waals surface area contributed by atoms with E-state index in [1.807, 2.05) is 6.08 Å². The van der Waals surface area contributed by atoms with Crippen LogP contribution >= 0.6 is 11.6 Å². The lowest BCUT2D eigenvalue weighted by atomic mass is 9.78. The Morgan fingerprint density at radius 2 is 2.06 bits per heavy atom. The monoisotopic (exact) mass is 250 g/mol. The zero-order valence-corrected chi connectivity index (χ0v) is 12.2. The molecule has 94 valence electrons. The molecule has 0 amide bonds. The Morgan fingerprint density at radius 1 is 1.47 bits per heavy atom. The van der Waals surface area contributed by atoms with Gasteiger partial charge in [-0.3, -0.25) is 0 Å². The van der Waals surface area contributed by atoms with Gasteiger partial charge >= 0.3 is 0 Å². The Hall–Kier alpha value is -0.930. The van der Waals surface area contributed by atoms with Crippen LogP contribution in [0.1, 0.15) is 47.0 Å². The maximum absolute atomic E-state index is 6.07. The molecule has 0 aromatic heterocycles. The molecule has 1 heteroatoms. The average Bonchev–Trinajstić information content (AvgIpc) is 2.25. The smallest absolute Gasteiger partial charge is 0.0403 e. The van der Waals surface area contributed by atoms with Gasteiger partial charge in [0.15, 0.2) is 0 Å². The van der Waals surface area contributed by atoms with Gasteiger partial charge in [-0.2, -0.15) is 0 Å². The van der Waals surface area contributed by atoms with Crippen LogP contribution in [0.4, 0.5) is 0 Å². The first-order chi connectivity index (χ1) is 7.88. The van der Waals surface area contributed by atoms with Crippen LogP contribution in [0.2, 0.25) is 0 Å². The highest BCUT2D eigenvalue weighted by Crippen LogP contribution is 2.35. The summed E-state index contributed by atoms with van der Waals surface area (Å²) in [5.74, 6) is 2.74. The summed E-state index contributed by atoms with van der Waals surface area (Å²) in [6.45, 7) is 12.3. The van der Waals surface area contributed by atoms with E-state index in [-0.39, 0.29) is 5.41 Å². The summed E-state index contributed by atoms with van der Waals surface area (Å²) < 4.78 is 0. The summed E-state index contributed by atoms with van der Waals surface area (Å²) in [5.41, 5.74) is 2.55. The molecule has 0 radical (unpaired) electrons. The predicted molar refractivity (Wildman–Crippen MR) is 79.0 cm³/mol. The van der Waals surface area contributed by atoms with E-state index in [1.54, 1.807) is 6.08 Å². The molecule has 0 aliphatic heterocycles. The van der Waals surface area contributed by atoms with Gasteiger partial charge < -0.3 is 0 Å². The van der Waals surface area contributed by atoms with Gasteiger partial charge in [0.05, 0.1) is 0 Å². The van der Waals surface area contributed by atoms with Gasteiger partial charge in [-0.1, -0.05) is 57.0 Å². The Bertz CT molecular complexity index is 361. The first-order valence-corrected chi connectivity index (χ1v) is 6.40. The van der Waals surface area contributed by atoms with Crippen molar-refractivity contribution in [1.29, 1.82) is 0 Å². The number of allylic oxidation sites excluding steroid dienone is 5. The molecular formula is C16H23Cl. The van der Waals surface area contributed by atoms with E-state index in [0.717, 1.165) is 12.8 Å². The molecule has 0 N–H and O–H groups in total. The van der Waals surface area contributed by atoms with Crippen LogP contribution in [0.5, 0.6) is 0 Å². The molecule has 17 heavy (non-hydrogen) atoms. The van der Waals surface area contributed by atoms with Crippen LogP contribution in [-0.4, -0.2) is 0 Å². The van der Waals surface area contributed by atoms with Crippen molar-refractivity contribution in [2.24, 2.45) is 5.41 Å². The molecule has 0 aliphatic rings. The molecule has 0 aliphatic carbocycles. The summed E-state index contributed by atoms with van der Waals surface area (Å²) >= 11 is 6.07. The summed E-state index contributed by atoms with van der Waals surface area (Å²) in [7, 11) is 0. The van der Waals surface area contributed by atoms with Crippen LogP contribution < -0.4 is 0 Å². The van der Waals surface area contributed by atoms with Gasteiger partial charge in [0, 0.05) is 16.9 Å². The molecule has 0 bridgehead atoms. The van der Waals surface area contributed by atoms with Gasteiger partial charge in [0.25, 0.3) is 0 Å². The summed E-state index contributed by atoms with van der Waals surface area (Å²) in [4.78, 5) is 0. The predicted octanol–water partition coefficient (Wildman–Crippen LogP) is 5.46. The maximum atomic E-state index is 6.07. The highest BCUT2D eigenvalue weighted by atomic mass is 35.5. The molecule has 0 saturated carbocycles. The Balaban J connectivity index is 5.49. The lowest BCUT2D eigenvalue weighted by molar-refractivity contribution is 0.466. The van der Waals surface area contributed by atoms with Crippen LogP contribution in [0.15, 0.2) is 34.9 Å². The minimum atomic E-state index is -0.0445. The molecular weight excluding hydrogens is 228 g/mol. The number of terminal acetylenes is 1. The highest BCUT2D eigenvalue weighted by molar-refractivity contribution is 6.31. The normalized spacial score (nSPS) is 14.0. The molecule has 0 fully saturated rings. The van der Waals surface area contributed by atoms with E-state index in [0.29, 0.717) is 11.5 Å². The van der Waals surface area contributed by atoms with Crippen molar-refractivity contribution in [2.45, 2.75) is 47.0 Å². The molecule has 0 aromatic rings. The van der Waals surface area contributed by atoms with Crippen molar-refractivity contribution in [3.8, 4) is 12.3 Å². The lowest BCUT2D eigenvalue weighted by Crippen LogP contribution is -2.14. The minimum Gasteiger partial charge on any atom is -0.120 e. The Morgan fingerprint density at radius 3 is 2.47 bits per heavy atom. The second kappa shape index (κ2) is 7.41. The topological polar surface area (TPSA) is 0 Å². The van der Waals surface area contributed by atoms with Crippen molar-refractivity contribution >= 4 is 11.6 Å². The first kappa shape index (κ1) is 16.1. The quantitative estimate of drug-likeness (QED) is 0.434. The molecule has 0 heterocycles. The summed E-state index contributed by atoms with van der Waals surface area (Å²) in [6.07, 6.45) is 12.0. The Kier molecular flexibility index (Phi) is 7.00. The standard InChI is InChI=1S/C16H23Cl/c1-7-10-13(4)15(12-14(17)9-3)16(5,6)11-8-2/h2,9,12H,3,7,10-11H2,1,4-6H3/b14-12+,15-13+. The highest BCUT2D eigenvalue weighted by Gasteiger charge is 2.22. The minimum absolute atomic E-state index is 0.0445. The third kappa shape index (κ3) is 5.29. The van der Waals surface area contributed by atoms with E-state index in [1.165, 1.54) is 11.1 Å². The first-order valence-electron chi connectivity index (χ1n) is 6.02. The molecule has 0 spiro atoms. The van der Waals surface area contributed by atoms with E-state index in [9.17, 15) is 0 Å². The molecule has 0 aromatic carbocycles. The van der Waals surface area contributed by atoms with Crippen molar-refractivity contribution in [3.05, 3.63) is 34.9 Å². The largest absolute Gasteiger partial charge is 0.120 e. The van der Waals surface area contributed by atoms with Gasteiger partial charge in [0.2, 0.25) is 0 Å². The molecule has 0 saturated heterocycles. The van der Waals surface area contributed by atoms with Gasteiger partial charge in [0.1, 0.15) is 0 Å². The van der Waals surface area contributed by atoms with E-state index in [4.69, 9.17) is 18.0 Å². The summed E-state index contributed by atoms with van der Waals surface area (Å²) in [6, 6.07) is 0. The summed E-state index contributed by atoms with van der Waals surface area (Å²) in [5, 5.41) is 0.667. The van der Waals surface area contributed by atoms with Crippen molar-refractivity contribution < 1.29 is 0 Å². The molecule has 0 nitrogen and oxygen atoms in total.